The Bertz CT molecular complexity index is 183. The van der Waals surface area contributed by atoms with Crippen molar-refractivity contribution in [3.05, 3.63) is 0 Å². The smallest absolute Gasteiger partial charge is 0.223 e. The Kier molecular flexibility index (Phi) is 4.43. The predicted molar refractivity (Wildman–Crippen MR) is 59.0 cm³/mol. The topological polar surface area (TPSA) is 29.1 Å². The van der Waals surface area contributed by atoms with Gasteiger partial charge in [-0.2, -0.15) is 0 Å². The second-order valence-electron chi connectivity index (χ2n) is 4.75. The van der Waals surface area contributed by atoms with E-state index in [1.807, 2.05) is 0 Å². The summed E-state index contributed by atoms with van der Waals surface area (Å²) in [5, 5.41) is 3.17. The molecule has 82 valence electrons. The summed E-state index contributed by atoms with van der Waals surface area (Å²) >= 11 is 0. The maximum absolute atomic E-state index is 11.8. The standard InChI is InChI=1S/C12H23NO/c1-4-11(9(2)3)13-12(14)10-7-5-6-8-10/h9-11H,4-8H2,1-3H3,(H,13,14)/t11-/m0/s1. The molecule has 0 aromatic carbocycles. The molecule has 1 atom stereocenters. The van der Waals surface area contributed by atoms with E-state index in [0.717, 1.165) is 19.3 Å². The maximum atomic E-state index is 11.8. The largest absolute Gasteiger partial charge is 0.353 e. The minimum Gasteiger partial charge on any atom is -0.353 e. The van der Waals surface area contributed by atoms with E-state index in [2.05, 4.69) is 26.1 Å². The van der Waals surface area contributed by atoms with Gasteiger partial charge >= 0.3 is 0 Å². The molecule has 1 aliphatic rings. The lowest BCUT2D eigenvalue weighted by atomic mass is 10.00. The average molecular weight is 197 g/mol. The van der Waals surface area contributed by atoms with Crippen molar-refractivity contribution in [2.24, 2.45) is 11.8 Å². The van der Waals surface area contributed by atoms with Gasteiger partial charge in [0, 0.05) is 12.0 Å². The highest BCUT2D eigenvalue weighted by molar-refractivity contribution is 5.79. The van der Waals surface area contributed by atoms with E-state index < -0.39 is 0 Å². The first-order valence-electron chi connectivity index (χ1n) is 5.95. The highest BCUT2D eigenvalue weighted by atomic mass is 16.1. The fraction of sp³-hybridized carbons (Fsp3) is 0.917. The molecule has 1 saturated carbocycles. The summed E-state index contributed by atoms with van der Waals surface area (Å²) in [7, 11) is 0. The van der Waals surface area contributed by atoms with Crippen LogP contribution in [0.4, 0.5) is 0 Å². The van der Waals surface area contributed by atoms with Crippen molar-refractivity contribution < 1.29 is 4.79 Å². The molecule has 0 saturated heterocycles. The van der Waals surface area contributed by atoms with Gasteiger partial charge in [-0.25, -0.2) is 0 Å². The Hall–Kier alpha value is -0.530. The Morgan fingerprint density at radius 3 is 2.36 bits per heavy atom. The molecule has 0 unspecified atom stereocenters. The first kappa shape index (κ1) is 11.5. The van der Waals surface area contributed by atoms with Gasteiger partial charge < -0.3 is 5.32 Å². The highest BCUT2D eigenvalue weighted by Gasteiger charge is 2.24. The van der Waals surface area contributed by atoms with Crippen LogP contribution in [0.1, 0.15) is 52.9 Å². The predicted octanol–water partition coefficient (Wildman–Crippen LogP) is 2.73. The van der Waals surface area contributed by atoms with Crippen LogP contribution in [-0.2, 0) is 4.79 Å². The van der Waals surface area contributed by atoms with E-state index in [4.69, 9.17) is 0 Å². The zero-order chi connectivity index (χ0) is 10.6. The molecule has 1 N–H and O–H groups in total. The molecule has 0 aromatic rings. The minimum atomic E-state index is 0.294. The first-order valence-corrected chi connectivity index (χ1v) is 5.95. The third-order valence-corrected chi connectivity index (χ3v) is 3.30. The zero-order valence-electron chi connectivity index (χ0n) is 9.68. The van der Waals surface area contributed by atoms with Crippen molar-refractivity contribution in [2.75, 3.05) is 0 Å². The van der Waals surface area contributed by atoms with Crippen molar-refractivity contribution in [2.45, 2.75) is 58.9 Å². The molecule has 1 fully saturated rings. The summed E-state index contributed by atoms with van der Waals surface area (Å²) in [5.41, 5.74) is 0. The van der Waals surface area contributed by atoms with Gasteiger partial charge in [-0.3, -0.25) is 4.79 Å². The molecule has 2 heteroatoms. The van der Waals surface area contributed by atoms with Gasteiger partial charge in [-0.05, 0) is 25.2 Å². The first-order chi connectivity index (χ1) is 6.65. The monoisotopic (exact) mass is 197 g/mol. The van der Waals surface area contributed by atoms with Gasteiger partial charge in [0.1, 0.15) is 0 Å². The summed E-state index contributed by atoms with van der Waals surface area (Å²) < 4.78 is 0. The second-order valence-corrected chi connectivity index (χ2v) is 4.75. The Morgan fingerprint density at radius 2 is 1.93 bits per heavy atom. The fourth-order valence-electron chi connectivity index (χ4n) is 2.23. The van der Waals surface area contributed by atoms with Crippen LogP contribution >= 0.6 is 0 Å². The van der Waals surface area contributed by atoms with Crippen LogP contribution in [0, 0.1) is 11.8 Å². The van der Waals surface area contributed by atoms with Crippen LogP contribution in [-0.4, -0.2) is 11.9 Å². The zero-order valence-corrected chi connectivity index (χ0v) is 9.68. The van der Waals surface area contributed by atoms with Crippen LogP contribution in [0.25, 0.3) is 0 Å². The number of amides is 1. The van der Waals surface area contributed by atoms with Crippen LogP contribution in [0.2, 0.25) is 0 Å². The van der Waals surface area contributed by atoms with E-state index in [-0.39, 0.29) is 0 Å². The summed E-state index contributed by atoms with van der Waals surface area (Å²) in [6, 6.07) is 0.364. The summed E-state index contributed by atoms with van der Waals surface area (Å²) in [6.45, 7) is 6.48. The van der Waals surface area contributed by atoms with E-state index in [9.17, 15) is 4.79 Å². The lowest BCUT2D eigenvalue weighted by molar-refractivity contribution is -0.125. The van der Waals surface area contributed by atoms with E-state index in [1.165, 1.54) is 12.8 Å². The number of hydrogen-bond acceptors (Lipinski definition) is 1. The molecular formula is C12H23NO. The summed E-state index contributed by atoms with van der Waals surface area (Å²) in [6.07, 6.45) is 5.70. The maximum Gasteiger partial charge on any atom is 0.223 e. The molecule has 0 spiro atoms. The number of carbonyl (C=O) groups is 1. The third-order valence-electron chi connectivity index (χ3n) is 3.30. The van der Waals surface area contributed by atoms with Gasteiger partial charge in [-0.1, -0.05) is 33.6 Å². The number of nitrogens with one attached hydrogen (secondary N) is 1. The van der Waals surface area contributed by atoms with Gasteiger partial charge in [0.2, 0.25) is 5.91 Å². The van der Waals surface area contributed by atoms with Crippen LogP contribution in [0.5, 0.6) is 0 Å². The second kappa shape index (κ2) is 5.38. The summed E-state index contributed by atoms with van der Waals surface area (Å²) in [4.78, 5) is 11.8. The summed E-state index contributed by atoms with van der Waals surface area (Å²) in [5.74, 6) is 1.15. The lowest BCUT2D eigenvalue weighted by Gasteiger charge is -2.22. The molecule has 2 nitrogen and oxygen atoms in total. The van der Waals surface area contributed by atoms with Crippen molar-refractivity contribution in [1.29, 1.82) is 0 Å². The van der Waals surface area contributed by atoms with E-state index in [1.54, 1.807) is 0 Å². The Labute approximate surface area is 87.5 Å². The van der Waals surface area contributed by atoms with Gasteiger partial charge in [0.15, 0.2) is 0 Å². The van der Waals surface area contributed by atoms with Crippen LogP contribution in [0.3, 0.4) is 0 Å². The third kappa shape index (κ3) is 3.00. The molecule has 1 aliphatic carbocycles. The number of rotatable bonds is 4. The quantitative estimate of drug-likeness (QED) is 0.737. The normalized spacial score (nSPS) is 20.0. The van der Waals surface area contributed by atoms with Gasteiger partial charge in [0.05, 0.1) is 0 Å². The molecule has 0 heterocycles. The van der Waals surface area contributed by atoms with E-state index >= 15 is 0 Å². The molecule has 14 heavy (non-hydrogen) atoms. The molecule has 1 rings (SSSR count). The van der Waals surface area contributed by atoms with Gasteiger partial charge in [0.25, 0.3) is 0 Å². The molecule has 0 radical (unpaired) electrons. The van der Waals surface area contributed by atoms with Crippen molar-refractivity contribution >= 4 is 5.91 Å². The van der Waals surface area contributed by atoms with Crippen LogP contribution < -0.4 is 5.32 Å². The van der Waals surface area contributed by atoms with Crippen molar-refractivity contribution in [1.82, 2.24) is 5.32 Å². The van der Waals surface area contributed by atoms with Crippen molar-refractivity contribution in [3.8, 4) is 0 Å². The van der Waals surface area contributed by atoms with Crippen LogP contribution in [0.15, 0.2) is 0 Å². The fourth-order valence-corrected chi connectivity index (χ4v) is 2.23. The Morgan fingerprint density at radius 1 is 1.36 bits per heavy atom. The number of hydrogen-bond donors (Lipinski definition) is 1. The van der Waals surface area contributed by atoms with Crippen molar-refractivity contribution in [3.63, 3.8) is 0 Å². The average Bonchev–Trinajstić information content (AvgIpc) is 2.65. The lowest BCUT2D eigenvalue weighted by Crippen LogP contribution is -2.40. The molecule has 0 aliphatic heterocycles. The molecule has 0 bridgehead atoms. The van der Waals surface area contributed by atoms with E-state index in [0.29, 0.717) is 23.8 Å². The minimum absolute atomic E-state index is 0.294. The molecular weight excluding hydrogens is 174 g/mol. The van der Waals surface area contributed by atoms with Gasteiger partial charge in [-0.15, -0.1) is 0 Å². The molecule has 0 aromatic heterocycles. The highest BCUT2D eigenvalue weighted by Crippen LogP contribution is 2.25. The number of carbonyl (C=O) groups excluding carboxylic acids is 1. The Balaban J connectivity index is 2.37. The SMILES string of the molecule is CC[C@H](NC(=O)C1CCCC1)C(C)C. The molecule has 1 amide bonds.